The largest absolute Gasteiger partial charge is 0.341 e. The highest BCUT2D eigenvalue weighted by atomic mass is 32.2. The predicted molar refractivity (Wildman–Crippen MR) is 125 cm³/mol. The van der Waals surface area contributed by atoms with Gasteiger partial charge in [-0.2, -0.15) is 8.78 Å². The zero-order chi connectivity index (χ0) is 24.7. The number of carbonyl (C=O) groups is 2. The molecule has 0 aliphatic carbocycles. The third-order valence-electron chi connectivity index (χ3n) is 5.85. The van der Waals surface area contributed by atoms with Crippen LogP contribution < -0.4 is 5.32 Å². The van der Waals surface area contributed by atoms with E-state index < -0.39 is 26.4 Å². The third-order valence-corrected chi connectivity index (χ3v) is 7.29. The van der Waals surface area contributed by atoms with Crippen molar-refractivity contribution in [1.29, 1.82) is 0 Å². The Kier molecular flexibility index (Phi) is 8.73. The second-order valence-corrected chi connectivity index (χ2v) is 10.1. The first-order valence-corrected chi connectivity index (χ1v) is 12.8. The minimum atomic E-state index is -4.85. The molecule has 0 saturated carbocycles. The van der Waals surface area contributed by atoms with E-state index in [0.717, 1.165) is 12.5 Å². The lowest BCUT2D eigenvalue weighted by Crippen LogP contribution is -2.49. The Labute approximate surface area is 198 Å². The molecule has 1 fully saturated rings. The minimum absolute atomic E-state index is 0.00576. The first kappa shape index (κ1) is 25.8. The first-order chi connectivity index (χ1) is 16.2. The van der Waals surface area contributed by atoms with Crippen molar-refractivity contribution in [2.24, 2.45) is 0 Å². The molecule has 7 nitrogen and oxygen atoms in total. The summed E-state index contributed by atoms with van der Waals surface area (Å²) in [5.41, 5.74) is 0.482. The molecule has 1 heterocycles. The quantitative estimate of drug-likeness (QED) is 0.577. The van der Waals surface area contributed by atoms with Gasteiger partial charge in [0.25, 0.3) is 5.91 Å². The Hall–Kier alpha value is -2.85. The molecule has 0 bridgehead atoms. The molecule has 10 heteroatoms. The molecule has 2 amide bonds. The second-order valence-electron chi connectivity index (χ2n) is 8.21. The van der Waals surface area contributed by atoms with E-state index in [1.807, 2.05) is 34.9 Å². The van der Waals surface area contributed by atoms with Gasteiger partial charge in [-0.15, -0.1) is 0 Å². The van der Waals surface area contributed by atoms with Gasteiger partial charge in [-0.3, -0.25) is 14.5 Å². The van der Waals surface area contributed by atoms with Gasteiger partial charge in [-0.05, 0) is 50.1 Å². The van der Waals surface area contributed by atoms with Crippen LogP contribution >= 0.6 is 0 Å². The molecular weight excluding hydrogens is 464 g/mol. The van der Waals surface area contributed by atoms with Crippen LogP contribution in [0.25, 0.3) is 0 Å². The minimum Gasteiger partial charge on any atom is -0.339 e. The number of nitrogens with zero attached hydrogens (tertiary/aromatic N) is 2. The van der Waals surface area contributed by atoms with Crippen molar-refractivity contribution in [1.82, 2.24) is 9.80 Å². The van der Waals surface area contributed by atoms with Crippen molar-refractivity contribution in [2.45, 2.75) is 42.9 Å². The van der Waals surface area contributed by atoms with E-state index in [9.17, 15) is 26.8 Å². The van der Waals surface area contributed by atoms with Gasteiger partial charge in [0.05, 0.1) is 17.1 Å². The molecule has 1 N–H and O–H groups in total. The summed E-state index contributed by atoms with van der Waals surface area (Å²) >= 11 is 0. The third kappa shape index (κ3) is 6.18. The summed E-state index contributed by atoms with van der Waals surface area (Å²) in [5, 5.41) is 2.49. The maximum Gasteiger partial charge on any atom is 0.341 e. The van der Waals surface area contributed by atoms with Crippen LogP contribution in [-0.2, 0) is 14.6 Å². The maximum atomic E-state index is 13.0. The number of alkyl halides is 2. The molecule has 2 aromatic rings. The summed E-state index contributed by atoms with van der Waals surface area (Å²) in [6, 6.07) is 14.3. The number of nitrogens with one attached hydrogen (secondary N) is 1. The molecule has 3 rings (SSSR count). The predicted octanol–water partition coefficient (Wildman–Crippen LogP) is 3.64. The highest BCUT2D eigenvalue weighted by Gasteiger charge is 2.31. The zero-order valence-electron chi connectivity index (χ0n) is 19.0. The second kappa shape index (κ2) is 11.5. The molecule has 34 heavy (non-hydrogen) atoms. The highest BCUT2D eigenvalue weighted by Crippen LogP contribution is 2.26. The van der Waals surface area contributed by atoms with Crippen LogP contribution in [0.5, 0.6) is 0 Å². The van der Waals surface area contributed by atoms with Crippen LogP contribution in [0.2, 0.25) is 0 Å². The number of amides is 2. The topological polar surface area (TPSA) is 86.8 Å². The first-order valence-electron chi connectivity index (χ1n) is 11.2. The van der Waals surface area contributed by atoms with Crippen LogP contribution in [0.4, 0.5) is 14.5 Å². The van der Waals surface area contributed by atoms with Crippen LogP contribution in [0, 0.1) is 0 Å². The number of anilines is 1. The van der Waals surface area contributed by atoms with Crippen LogP contribution in [0.1, 0.15) is 36.5 Å². The standard InChI is InChI=1S/C24H29F2N3O4S/c1-2-14-29(19-12-15-28(16-13-19)23(31)18-8-4-3-5-9-18)17-22(30)27-20-10-6-7-11-21(20)34(32,33)24(25)26/h3-11,19,24H,2,12-17H2,1H3,(H,27,30). The average molecular weight is 494 g/mol. The fourth-order valence-electron chi connectivity index (χ4n) is 4.16. The fraction of sp³-hybridized carbons (Fsp3) is 0.417. The number of benzene rings is 2. The SMILES string of the molecule is CCCN(CC(=O)Nc1ccccc1S(=O)(=O)C(F)F)C1CCN(C(=O)c2ccccc2)CC1. The van der Waals surface area contributed by atoms with E-state index in [1.165, 1.54) is 18.2 Å². The Balaban J connectivity index is 1.63. The molecule has 0 atom stereocenters. The van der Waals surface area contributed by atoms with Crippen molar-refractivity contribution >= 4 is 27.3 Å². The molecule has 1 aliphatic heterocycles. The molecule has 1 aliphatic rings. The van der Waals surface area contributed by atoms with Gasteiger partial charge in [-0.25, -0.2) is 8.42 Å². The monoisotopic (exact) mass is 493 g/mol. The van der Waals surface area contributed by atoms with Crippen molar-refractivity contribution < 1.29 is 26.8 Å². The average Bonchev–Trinajstić information content (AvgIpc) is 2.84. The number of piperidine rings is 1. The van der Waals surface area contributed by atoms with Crippen molar-refractivity contribution in [2.75, 3.05) is 31.5 Å². The summed E-state index contributed by atoms with van der Waals surface area (Å²) in [7, 11) is -4.85. The van der Waals surface area contributed by atoms with Gasteiger partial charge in [-0.1, -0.05) is 37.3 Å². The summed E-state index contributed by atoms with van der Waals surface area (Å²) in [6.45, 7) is 3.75. The number of hydrogen-bond acceptors (Lipinski definition) is 5. The lowest BCUT2D eigenvalue weighted by atomic mass is 10.0. The molecule has 0 spiro atoms. The van der Waals surface area contributed by atoms with Gasteiger partial charge < -0.3 is 10.2 Å². The van der Waals surface area contributed by atoms with E-state index in [0.29, 0.717) is 38.0 Å². The Morgan fingerprint density at radius 2 is 1.68 bits per heavy atom. The molecule has 1 saturated heterocycles. The number of carbonyl (C=O) groups excluding carboxylic acids is 2. The smallest absolute Gasteiger partial charge is 0.339 e. The summed E-state index contributed by atoms with van der Waals surface area (Å²) in [6.07, 6.45) is 2.19. The number of para-hydroxylation sites is 1. The molecule has 0 aromatic heterocycles. The van der Waals surface area contributed by atoms with E-state index in [-0.39, 0.29) is 24.2 Å². The normalized spacial score (nSPS) is 15.0. The number of sulfone groups is 1. The number of hydrogen-bond donors (Lipinski definition) is 1. The summed E-state index contributed by atoms with van der Waals surface area (Å²) < 4.78 is 50.0. The Morgan fingerprint density at radius 3 is 2.29 bits per heavy atom. The number of rotatable bonds is 9. The lowest BCUT2D eigenvalue weighted by molar-refractivity contribution is -0.118. The van der Waals surface area contributed by atoms with Crippen LogP contribution in [0.15, 0.2) is 59.5 Å². The zero-order valence-corrected chi connectivity index (χ0v) is 19.8. The van der Waals surface area contributed by atoms with E-state index in [2.05, 4.69) is 5.32 Å². The molecule has 2 aromatic carbocycles. The van der Waals surface area contributed by atoms with Gasteiger partial charge in [0.1, 0.15) is 0 Å². The van der Waals surface area contributed by atoms with Crippen LogP contribution in [-0.4, -0.2) is 68.0 Å². The van der Waals surface area contributed by atoms with Gasteiger partial charge in [0, 0.05) is 24.7 Å². The Morgan fingerprint density at radius 1 is 1.06 bits per heavy atom. The Bertz CT molecular complexity index is 1090. The van der Waals surface area contributed by atoms with E-state index in [4.69, 9.17) is 0 Å². The molecular formula is C24H29F2N3O4S. The van der Waals surface area contributed by atoms with E-state index in [1.54, 1.807) is 12.1 Å². The van der Waals surface area contributed by atoms with Crippen molar-refractivity contribution in [3.8, 4) is 0 Å². The molecule has 0 radical (unpaired) electrons. The fourth-order valence-corrected chi connectivity index (χ4v) is 5.05. The molecule has 184 valence electrons. The molecule has 0 unspecified atom stereocenters. The van der Waals surface area contributed by atoms with Crippen molar-refractivity contribution in [3.63, 3.8) is 0 Å². The number of halogens is 2. The highest BCUT2D eigenvalue weighted by molar-refractivity contribution is 7.91. The van der Waals surface area contributed by atoms with Crippen LogP contribution in [0.3, 0.4) is 0 Å². The summed E-state index contributed by atoms with van der Waals surface area (Å²) in [5.74, 6) is -4.07. The van der Waals surface area contributed by atoms with Gasteiger partial charge in [0.2, 0.25) is 15.7 Å². The number of likely N-dealkylation sites (tertiary alicyclic amines) is 1. The maximum absolute atomic E-state index is 13.0. The lowest BCUT2D eigenvalue weighted by Gasteiger charge is -2.38. The van der Waals surface area contributed by atoms with Gasteiger partial charge in [0.15, 0.2) is 0 Å². The van der Waals surface area contributed by atoms with E-state index >= 15 is 0 Å². The summed E-state index contributed by atoms with van der Waals surface area (Å²) in [4.78, 5) is 28.6. The van der Waals surface area contributed by atoms with Crippen molar-refractivity contribution in [3.05, 3.63) is 60.2 Å². The van der Waals surface area contributed by atoms with Gasteiger partial charge >= 0.3 is 5.76 Å².